The first-order valence-corrected chi connectivity index (χ1v) is 7.40. The van der Waals surface area contributed by atoms with Gasteiger partial charge in [0.05, 0.1) is 5.69 Å². The third-order valence-electron chi connectivity index (χ3n) is 3.90. The molecule has 110 valence electrons. The van der Waals surface area contributed by atoms with Crippen LogP contribution >= 0.6 is 0 Å². The minimum Gasteiger partial charge on any atom is -0.309 e. The summed E-state index contributed by atoms with van der Waals surface area (Å²) in [7, 11) is 0. The molecule has 4 heteroatoms. The summed E-state index contributed by atoms with van der Waals surface area (Å²) in [5.41, 5.74) is 2.26. The van der Waals surface area contributed by atoms with Gasteiger partial charge in [-0.05, 0) is 18.4 Å². The molecule has 1 amide bonds. The molecule has 2 heterocycles. The molecule has 3 rings (SSSR count). The second-order valence-electron chi connectivity index (χ2n) is 6.64. The van der Waals surface area contributed by atoms with Crippen molar-refractivity contribution in [3.8, 4) is 0 Å². The second kappa shape index (κ2) is 5.02. The molecule has 21 heavy (non-hydrogen) atoms. The third kappa shape index (κ3) is 2.71. The fourth-order valence-corrected chi connectivity index (χ4v) is 2.61. The van der Waals surface area contributed by atoms with Crippen LogP contribution < -0.4 is 5.32 Å². The van der Waals surface area contributed by atoms with Crippen LogP contribution in [0, 0.1) is 0 Å². The zero-order valence-electron chi connectivity index (χ0n) is 12.8. The molecule has 1 N–H and O–H groups in total. The van der Waals surface area contributed by atoms with Crippen LogP contribution in [0.5, 0.6) is 0 Å². The van der Waals surface area contributed by atoms with Gasteiger partial charge < -0.3 is 5.32 Å². The maximum absolute atomic E-state index is 12.1. The van der Waals surface area contributed by atoms with Gasteiger partial charge in [0.2, 0.25) is 5.91 Å². The fraction of sp³-hybridized carbons (Fsp3) is 0.412. The quantitative estimate of drug-likeness (QED) is 0.939. The fourth-order valence-electron chi connectivity index (χ4n) is 2.61. The summed E-state index contributed by atoms with van der Waals surface area (Å²) in [5, 5.41) is 7.58. The van der Waals surface area contributed by atoms with Crippen molar-refractivity contribution < 1.29 is 4.79 Å². The van der Waals surface area contributed by atoms with Crippen LogP contribution in [-0.4, -0.2) is 15.7 Å². The van der Waals surface area contributed by atoms with Gasteiger partial charge in [0.1, 0.15) is 11.9 Å². The summed E-state index contributed by atoms with van der Waals surface area (Å²) in [6.45, 7) is 6.39. The molecule has 1 unspecified atom stereocenters. The number of aromatic nitrogens is 2. The van der Waals surface area contributed by atoms with Gasteiger partial charge in [0.15, 0.2) is 0 Å². The Labute approximate surface area is 125 Å². The molecule has 0 radical (unpaired) electrons. The van der Waals surface area contributed by atoms with Crippen LogP contribution in [-0.2, 0) is 16.6 Å². The van der Waals surface area contributed by atoms with Crippen LogP contribution in [0.4, 0.5) is 5.82 Å². The van der Waals surface area contributed by atoms with Crippen molar-refractivity contribution in [1.82, 2.24) is 9.78 Å². The highest BCUT2D eigenvalue weighted by Gasteiger charge is 2.33. The molecule has 0 aliphatic carbocycles. The molecule has 4 nitrogen and oxygen atoms in total. The highest BCUT2D eigenvalue weighted by molar-refractivity contribution is 5.96. The van der Waals surface area contributed by atoms with E-state index in [9.17, 15) is 4.79 Å². The van der Waals surface area contributed by atoms with Crippen molar-refractivity contribution in [3.63, 3.8) is 0 Å². The lowest BCUT2D eigenvalue weighted by molar-refractivity contribution is -0.118. The molecule has 1 aliphatic rings. The molecular weight excluding hydrogens is 262 g/mol. The van der Waals surface area contributed by atoms with Crippen LogP contribution in [0.1, 0.15) is 44.5 Å². The number of amides is 1. The standard InChI is InChI=1S/C17H21N3O/c1-17(2,3)14-11-15-18-16(21)13(20(15)19-14)10-9-12-7-5-4-6-8-12/h4-8,11,13H,9-10H2,1-3H3,(H,18,21). The van der Waals surface area contributed by atoms with Gasteiger partial charge in [-0.2, -0.15) is 5.10 Å². The number of anilines is 1. The highest BCUT2D eigenvalue weighted by atomic mass is 16.2. The van der Waals surface area contributed by atoms with E-state index in [1.165, 1.54) is 5.56 Å². The Morgan fingerprint density at radius 2 is 1.95 bits per heavy atom. The van der Waals surface area contributed by atoms with Gasteiger partial charge in [-0.3, -0.25) is 4.79 Å². The Kier molecular flexibility index (Phi) is 3.32. The van der Waals surface area contributed by atoms with Crippen molar-refractivity contribution in [3.05, 3.63) is 47.7 Å². The molecule has 1 aliphatic heterocycles. The number of nitrogens with one attached hydrogen (secondary N) is 1. The number of hydrogen-bond donors (Lipinski definition) is 1. The van der Waals surface area contributed by atoms with Crippen molar-refractivity contribution in [2.24, 2.45) is 0 Å². The van der Waals surface area contributed by atoms with E-state index in [1.54, 1.807) is 0 Å². The van der Waals surface area contributed by atoms with E-state index < -0.39 is 0 Å². The van der Waals surface area contributed by atoms with Crippen LogP contribution in [0.2, 0.25) is 0 Å². The predicted molar refractivity (Wildman–Crippen MR) is 83.4 cm³/mol. The lowest BCUT2D eigenvalue weighted by Gasteiger charge is -2.15. The summed E-state index contributed by atoms with van der Waals surface area (Å²) in [6, 6.07) is 12.0. The Hall–Kier alpha value is -2.10. The van der Waals surface area contributed by atoms with E-state index in [0.717, 1.165) is 24.4 Å². The highest BCUT2D eigenvalue weighted by Crippen LogP contribution is 2.32. The Morgan fingerprint density at radius 3 is 2.62 bits per heavy atom. The van der Waals surface area contributed by atoms with Crippen molar-refractivity contribution in [2.75, 3.05) is 5.32 Å². The molecule has 0 spiro atoms. The molecule has 0 saturated carbocycles. The van der Waals surface area contributed by atoms with Crippen molar-refractivity contribution >= 4 is 11.7 Å². The summed E-state index contributed by atoms with van der Waals surface area (Å²) in [6.07, 6.45) is 1.65. The molecule has 0 fully saturated rings. The smallest absolute Gasteiger partial charge is 0.250 e. The van der Waals surface area contributed by atoms with Gasteiger partial charge in [-0.15, -0.1) is 0 Å². The molecule has 0 saturated heterocycles. The number of carbonyl (C=O) groups is 1. The number of nitrogens with zero attached hydrogens (tertiary/aromatic N) is 2. The lowest BCUT2D eigenvalue weighted by atomic mass is 9.92. The van der Waals surface area contributed by atoms with Crippen molar-refractivity contribution in [2.45, 2.75) is 45.1 Å². The second-order valence-corrected chi connectivity index (χ2v) is 6.64. The zero-order chi connectivity index (χ0) is 15.0. The van der Waals surface area contributed by atoms with Gasteiger partial charge in [-0.25, -0.2) is 4.68 Å². The van der Waals surface area contributed by atoms with Crippen molar-refractivity contribution in [1.29, 1.82) is 0 Å². The largest absolute Gasteiger partial charge is 0.309 e. The van der Waals surface area contributed by atoms with Gasteiger partial charge >= 0.3 is 0 Å². The lowest BCUT2D eigenvalue weighted by Crippen LogP contribution is -2.20. The van der Waals surface area contributed by atoms with E-state index in [2.05, 4.69) is 43.3 Å². The number of hydrogen-bond acceptors (Lipinski definition) is 2. The number of benzene rings is 1. The summed E-state index contributed by atoms with van der Waals surface area (Å²) in [5.74, 6) is 0.872. The van der Waals surface area contributed by atoms with E-state index in [1.807, 2.05) is 28.9 Å². The maximum Gasteiger partial charge on any atom is 0.250 e. The van der Waals surface area contributed by atoms with Crippen LogP contribution in [0.15, 0.2) is 36.4 Å². The maximum atomic E-state index is 12.1. The van der Waals surface area contributed by atoms with E-state index in [4.69, 9.17) is 0 Å². The predicted octanol–water partition coefficient (Wildman–Crippen LogP) is 3.31. The van der Waals surface area contributed by atoms with Gasteiger partial charge in [0, 0.05) is 11.5 Å². The molecule has 1 aromatic heterocycles. The summed E-state index contributed by atoms with van der Waals surface area (Å²) in [4.78, 5) is 12.1. The SMILES string of the molecule is CC(C)(C)c1cc2n(n1)C(CCc1ccccc1)C(=O)N2. The molecule has 2 aromatic rings. The summed E-state index contributed by atoms with van der Waals surface area (Å²) < 4.78 is 1.85. The number of fused-ring (bicyclic) bond motifs is 1. The molecular formula is C17H21N3O. The first-order valence-electron chi connectivity index (χ1n) is 7.40. The molecule has 1 aromatic carbocycles. The van der Waals surface area contributed by atoms with Gasteiger partial charge in [0.25, 0.3) is 0 Å². The molecule has 1 atom stereocenters. The Balaban J connectivity index is 1.78. The normalized spacial score (nSPS) is 17.7. The average Bonchev–Trinajstić information content (AvgIpc) is 2.95. The first kappa shape index (κ1) is 13.9. The van der Waals surface area contributed by atoms with Gasteiger partial charge in [-0.1, -0.05) is 51.1 Å². The minimum atomic E-state index is -0.198. The number of rotatable bonds is 3. The summed E-state index contributed by atoms with van der Waals surface area (Å²) >= 11 is 0. The zero-order valence-corrected chi connectivity index (χ0v) is 12.8. The van der Waals surface area contributed by atoms with E-state index in [0.29, 0.717) is 0 Å². The third-order valence-corrected chi connectivity index (χ3v) is 3.90. The Bertz CT molecular complexity index is 652. The number of carbonyl (C=O) groups excluding carboxylic acids is 1. The van der Waals surface area contributed by atoms with E-state index in [-0.39, 0.29) is 17.4 Å². The van der Waals surface area contributed by atoms with E-state index >= 15 is 0 Å². The molecule has 0 bridgehead atoms. The average molecular weight is 283 g/mol. The number of aryl methyl sites for hydroxylation is 1. The minimum absolute atomic E-state index is 0.00789. The van der Waals surface area contributed by atoms with Crippen LogP contribution in [0.3, 0.4) is 0 Å². The van der Waals surface area contributed by atoms with Crippen LogP contribution in [0.25, 0.3) is 0 Å². The Morgan fingerprint density at radius 1 is 1.24 bits per heavy atom. The first-order chi connectivity index (χ1) is 9.95. The monoisotopic (exact) mass is 283 g/mol. The topological polar surface area (TPSA) is 46.9 Å².